The number of benzene rings is 1. The van der Waals surface area contributed by atoms with Gasteiger partial charge in [0, 0.05) is 31.5 Å². The minimum absolute atomic E-state index is 0.172. The van der Waals surface area contributed by atoms with E-state index < -0.39 is 0 Å². The Kier molecular flexibility index (Phi) is 5.53. The number of carbonyl (C=O) groups is 1. The second-order valence-corrected chi connectivity index (χ2v) is 6.56. The molecule has 6 heteroatoms. The number of nitrogens with zero attached hydrogens (tertiary/aromatic N) is 2. The third kappa shape index (κ3) is 3.97. The van der Waals surface area contributed by atoms with E-state index in [1.54, 1.807) is 6.20 Å². The number of halogens is 1. The lowest BCUT2D eigenvalue weighted by Gasteiger charge is -2.16. The molecule has 0 aliphatic carbocycles. The van der Waals surface area contributed by atoms with Gasteiger partial charge in [0.15, 0.2) is 11.7 Å². The van der Waals surface area contributed by atoms with Crippen LogP contribution >= 0.6 is 11.6 Å². The summed E-state index contributed by atoms with van der Waals surface area (Å²) in [7, 11) is 1.95. The van der Waals surface area contributed by atoms with Crippen molar-refractivity contribution in [1.82, 2.24) is 15.2 Å². The minimum atomic E-state index is 0.172. The molecule has 0 spiro atoms. The fraction of sp³-hybridized carbons (Fsp3) is 0.444. The van der Waals surface area contributed by atoms with Gasteiger partial charge in [0.05, 0.1) is 11.2 Å². The van der Waals surface area contributed by atoms with E-state index in [-0.39, 0.29) is 5.91 Å². The van der Waals surface area contributed by atoms with Gasteiger partial charge in [-0.25, -0.2) is 4.98 Å². The SMILES string of the molecule is CNCC1CCN(C(=O)CCc2ncc(-c3ccccc3Cl)o2)C1. The largest absolute Gasteiger partial charge is 0.441 e. The van der Waals surface area contributed by atoms with Crippen LogP contribution in [0.15, 0.2) is 34.9 Å². The van der Waals surface area contributed by atoms with Crippen LogP contribution in [0.1, 0.15) is 18.7 Å². The van der Waals surface area contributed by atoms with Crippen molar-refractivity contribution in [1.29, 1.82) is 0 Å². The maximum atomic E-state index is 12.3. The van der Waals surface area contributed by atoms with Crippen LogP contribution in [0, 0.1) is 5.92 Å². The third-order valence-electron chi connectivity index (χ3n) is 4.38. The number of hydrogen-bond donors (Lipinski definition) is 1. The summed E-state index contributed by atoms with van der Waals surface area (Å²) >= 11 is 6.17. The number of amides is 1. The molecule has 0 saturated carbocycles. The molecule has 128 valence electrons. The van der Waals surface area contributed by atoms with Crippen LogP contribution in [-0.4, -0.2) is 42.5 Å². The van der Waals surface area contributed by atoms with Crippen LogP contribution in [-0.2, 0) is 11.2 Å². The van der Waals surface area contributed by atoms with Gasteiger partial charge in [0.1, 0.15) is 0 Å². The maximum absolute atomic E-state index is 12.3. The number of aromatic nitrogens is 1. The first-order valence-corrected chi connectivity index (χ1v) is 8.67. The number of nitrogens with one attached hydrogen (secondary N) is 1. The molecule has 1 aliphatic rings. The summed E-state index contributed by atoms with van der Waals surface area (Å²) in [5, 5.41) is 3.80. The minimum Gasteiger partial charge on any atom is -0.441 e. The number of aryl methyl sites for hydroxylation is 1. The van der Waals surface area contributed by atoms with Crippen LogP contribution in [0.2, 0.25) is 5.02 Å². The van der Waals surface area contributed by atoms with E-state index in [1.165, 1.54) is 0 Å². The Morgan fingerprint density at radius 3 is 3.08 bits per heavy atom. The number of hydrogen-bond acceptors (Lipinski definition) is 4. The van der Waals surface area contributed by atoms with Gasteiger partial charge in [-0.05, 0) is 38.1 Å². The van der Waals surface area contributed by atoms with Gasteiger partial charge in [-0.3, -0.25) is 4.79 Å². The van der Waals surface area contributed by atoms with Crippen molar-refractivity contribution in [3.8, 4) is 11.3 Å². The Morgan fingerprint density at radius 2 is 2.29 bits per heavy atom. The first kappa shape index (κ1) is 17.0. The highest BCUT2D eigenvalue weighted by atomic mass is 35.5. The molecule has 1 saturated heterocycles. The average molecular weight is 348 g/mol. The molecule has 3 rings (SSSR count). The summed E-state index contributed by atoms with van der Waals surface area (Å²) in [6.45, 7) is 2.66. The molecule has 1 fully saturated rings. The van der Waals surface area contributed by atoms with E-state index in [2.05, 4.69) is 10.3 Å². The molecule has 1 aromatic carbocycles. The van der Waals surface area contributed by atoms with Crippen molar-refractivity contribution >= 4 is 17.5 Å². The molecule has 0 bridgehead atoms. The van der Waals surface area contributed by atoms with Gasteiger partial charge in [0.2, 0.25) is 5.91 Å². The fourth-order valence-corrected chi connectivity index (χ4v) is 3.33. The van der Waals surface area contributed by atoms with Gasteiger partial charge >= 0.3 is 0 Å². The highest BCUT2D eigenvalue weighted by Crippen LogP contribution is 2.28. The summed E-state index contributed by atoms with van der Waals surface area (Å²) in [4.78, 5) is 18.5. The van der Waals surface area contributed by atoms with Crippen molar-refractivity contribution in [3.63, 3.8) is 0 Å². The monoisotopic (exact) mass is 347 g/mol. The standard InChI is InChI=1S/C18H22ClN3O2/c1-20-10-13-8-9-22(12-13)18(23)7-6-17-21-11-16(24-17)14-4-2-3-5-15(14)19/h2-5,11,13,20H,6-10,12H2,1H3. The van der Waals surface area contributed by atoms with Gasteiger partial charge in [-0.2, -0.15) is 0 Å². The predicted molar refractivity (Wildman–Crippen MR) is 93.9 cm³/mol. The zero-order valence-electron chi connectivity index (χ0n) is 13.8. The molecule has 2 heterocycles. The van der Waals surface area contributed by atoms with Crippen LogP contribution < -0.4 is 5.32 Å². The molecule has 2 aromatic rings. The van der Waals surface area contributed by atoms with Gasteiger partial charge in [-0.1, -0.05) is 23.7 Å². The van der Waals surface area contributed by atoms with Gasteiger partial charge in [-0.15, -0.1) is 0 Å². The zero-order chi connectivity index (χ0) is 16.9. The molecular formula is C18H22ClN3O2. The van der Waals surface area contributed by atoms with Crippen molar-refractivity contribution < 1.29 is 9.21 Å². The van der Waals surface area contributed by atoms with E-state index >= 15 is 0 Å². The highest BCUT2D eigenvalue weighted by Gasteiger charge is 2.25. The van der Waals surface area contributed by atoms with Gasteiger partial charge in [0.25, 0.3) is 0 Å². The lowest BCUT2D eigenvalue weighted by molar-refractivity contribution is -0.130. The van der Waals surface area contributed by atoms with E-state index in [0.717, 1.165) is 31.6 Å². The Balaban J connectivity index is 1.54. The Bertz CT molecular complexity index is 701. The van der Waals surface area contributed by atoms with E-state index in [1.807, 2.05) is 36.2 Å². The molecule has 1 N–H and O–H groups in total. The van der Waals surface area contributed by atoms with Crippen LogP contribution in [0.25, 0.3) is 11.3 Å². The summed E-state index contributed by atoms with van der Waals surface area (Å²) < 4.78 is 5.75. The third-order valence-corrected chi connectivity index (χ3v) is 4.71. The number of likely N-dealkylation sites (tertiary alicyclic amines) is 1. The molecule has 5 nitrogen and oxygen atoms in total. The number of oxazole rings is 1. The molecule has 24 heavy (non-hydrogen) atoms. The molecule has 1 aromatic heterocycles. The second-order valence-electron chi connectivity index (χ2n) is 6.15. The van der Waals surface area contributed by atoms with Crippen molar-refractivity contribution in [3.05, 3.63) is 41.4 Å². The lowest BCUT2D eigenvalue weighted by atomic mass is 10.1. The second kappa shape index (κ2) is 7.81. The lowest BCUT2D eigenvalue weighted by Crippen LogP contribution is -2.30. The highest BCUT2D eigenvalue weighted by molar-refractivity contribution is 6.33. The van der Waals surface area contributed by atoms with E-state index in [9.17, 15) is 4.79 Å². The molecule has 0 radical (unpaired) electrons. The van der Waals surface area contributed by atoms with Gasteiger partial charge < -0.3 is 14.6 Å². The molecule has 1 atom stereocenters. The van der Waals surface area contributed by atoms with Crippen molar-refractivity contribution in [2.75, 3.05) is 26.7 Å². The maximum Gasteiger partial charge on any atom is 0.223 e. The van der Waals surface area contributed by atoms with Crippen LogP contribution in [0.3, 0.4) is 0 Å². The topological polar surface area (TPSA) is 58.4 Å². The normalized spacial score (nSPS) is 17.4. The van der Waals surface area contributed by atoms with E-state index in [4.69, 9.17) is 16.0 Å². The predicted octanol–water partition coefficient (Wildman–Crippen LogP) is 3.00. The first-order valence-electron chi connectivity index (χ1n) is 8.29. The first-order chi connectivity index (χ1) is 11.7. The molecular weight excluding hydrogens is 326 g/mol. The van der Waals surface area contributed by atoms with Crippen LogP contribution in [0.5, 0.6) is 0 Å². The summed E-state index contributed by atoms with van der Waals surface area (Å²) in [6, 6.07) is 7.49. The van der Waals surface area contributed by atoms with Crippen molar-refractivity contribution in [2.45, 2.75) is 19.3 Å². The van der Waals surface area contributed by atoms with E-state index in [0.29, 0.717) is 35.4 Å². The molecule has 1 unspecified atom stereocenters. The zero-order valence-corrected chi connectivity index (χ0v) is 14.6. The van der Waals surface area contributed by atoms with Crippen molar-refractivity contribution in [2.24, 2.45) is 5.92 Å². The summed E-state index contributed by atoms with van der Waals surface area (Å²) in [5.74, 6) is 1.95. The summed E-state index contributed by atoms with van der Waals surface area (Å²) in [5.41, 5.74) is 0.818. The van der Waals surface area contributed by atoms with Crippen LogP contribution in [0.4, 0.5) is 0 Å². The Morgan fingerprint density at radius 1 is 1.46 bits per heavy atom. The molecule has 1 amide bonds. The quantitative estimate of drug-likeness (QED) is 0.872. The average Bonchev–Trinajstić information content (AvgIpc) is 3.23. The fourth-order valence-electron chi connectivity index (χ4n) is 3.10. The number of carbonyl (C=O) groups excluding carboxylic acids is 1. The Hall–Kier alpha value is -1.85. The number of rotatable bonds is 6. The smallest absolute Gasteiger partial charge is 0.223 e. The summed E-state index contributed by atoms with van der Waals surface area (Å²) in [6.07, 6.45) is 3.67. The molecule has 1 aliphatic heterocycles. The Labute approximate surface area is 147 Å².